The lowest BCUT2D eigenvalue weighted by Gasteiger charge is -2.14. The molecule has 1 rings (SSSR count). The zero-order chi connectivity index (χ0) is 17.8. The van der Waals surface area contributed by atoms with Crippen molar-refractivity contribution in [2.75, 3.05) is 26.8 Å². The summed E-state index contributed by atoms with van der Waals surface area (Å²) in [6, 6.07) is 6.38. The first-order chi connectivity index (χ1) is 11.6. The second kappa shape index (κ2) is 11.2. The molecule has 3 amide bonds. The van der Waals surface area contributed by atoms with Crippen molar-refractivity contribution in [3.05, 3.63) is 24.3 Å². The number of carbonyl (C=O) groups excluding carboxylic acids is 2. The van der Waals surface area contributed by atoms with Crippen molar-refractivity contribution in [3.8, 4) is 11.5 Å². The maximum Gasteiger partial charge on any atom is 0.315 e. The van der Waals surface area contributed by atoms with Gasteiger partial charge >= 0.3 is 6.03 Å². The molecule has 1 atom stereocenters. The van der Waals surface area contributed by atoms with Crippen LogP contribution in [-0.2, 0) is 4.79 Å². The Kier molecular flexibility index (Phi) is 9.11. The fourth-order valence-electron chi connectivity index (χ4n) is 1.85. The minimum Gasteiger partial charge on any atom is -0.497 e. The van der Waals surface area contributed by atoms with Crippen LogP contribution in [0.2, 0.25) is 0 Å². The maximum absolute atomic E-state index is 11.7. The van der Waals surface area contributed by atoms with Gasteiger partial charge in [0.1, 0.15) is 17.5 Å². The van der Waals surface area contributed by atoms with E-state index in [9.17, 15) is 9.59 Å². The third-order valence-corrected chi connectivity index (χ3v) is 3.22. The molecule has 0 radical (unpaired) electrons. The van der Waals surface area contributed by atoms with Gasteiger partial charge in [-0.05, 0) is 44.0 Å². The van der Waals surface area contributed by atoms with Crippen molar-refractivity contribution in [1.82, 2.24) is 16.0 Å². The molecule has 0 aliphatic rings. The summed E-state index contributed by atoms with van der Waals surface area (Å²) >= 11 is 0. The number of benzene rings is 1. The number of rotatable bonds is 10. The molecule has 0 spiro atoms. The Bertz CT molecular complexity index is 505. The molecule has 1 aromatic rings. The molecule has 0 aliphatic heterocycles. The summed E-state index contributed by atoms with van der Waals surface area (Å²) in [6.45, 7) is 5.18. The summed E-state index contributed by atoms with van der Waals surface area (Å²) in [5.41, 5.74) is 0. The molecule has 0 aliphatic carbocycles. The molecular weight excluding hydrogens is 310 g/mol. The lowest BCUT2D eigenvalue weighted by molar-refractivity contribution is -0.122. The van der Waals surface area contributed by atoms with Crippen molar-refractivity contribution < 1.29 is 19.1 Å². The van der Waals surface area contributed by atoms with Gasteiger partial charge in [-0.15, -0.1) is 0 Å². The van der Waals surface area contributed by atoms with Gasteiger partial charge in [0.05, 0.1) is 13.7 Å². The summed E-state index contributed by atoms with van der Waals surface area (Å²) in [5.74, 6) is 1.34. The van der Waals surface area contributed by atoms with E-state index in [2.05, 4.69) is 16.0 Å². The Balaban J connectivity index is 2.13. The highest BCUT2D eigenvalue weighted by Gasteiger charge is 2.14. The van der Waals surface area contributed by atoms with E-state index in [0.29, 0.717) is 26.1 Å². The average Bonchev–Trinajstić information content (AvgIpc) is 2.59. The van der Waals surface area contributed by atoms with Crippen molar-refractivity contribution in [2.24, 2.45) is 0 Å². The first-order valence-electron chi connectivity index (χ1n) is 8.15. The Morgan fingerprint density at radius 1 is 1.08 bits per heavy atom. The van der Waals surface area contributed by atoms with Gasteiger partial charge in [0.2, 0.25) is 5.91 Å². The van der Waals surface area contributed by atoms with Gasteiger partial charge in [-0.2, -0.15) is 0 Å². The summed E-state index contributed by atoms with van der Waals surface area (Å²) in [4.78, 5) is 23.3. The molecule has 1 aromatic carbocycles. The van der Waals surface area contributed by atoms with E-state index in [0.717, 1.165) is 17.9 Å². The third kappa shape index (κ3) is 7.71. The van der Waals surface area contributed by atoms with E-state index in [1.165, 1.54) is 0 Å². The molecule has 7 heteroatoms. The fourth-order valence-corrected chi connectivity index (χ4v) is 1.85. The van der Waals surface area contributed by atoms with E-state index in [1.807, 2.05) is 31.2 Å². The topological polar surface area (TPSA) is 88.7 Å². The number of nitrogens with one attached hydrogen (secondary N) is 3. The standard InChI is InChI=1S/C17H27N3O4/c1-4-10-18-16(21)13(2)20-17(22)19-11-5-12-24-15-8-6-14(23-3)7-9-15/h6-9,13H,4-5,10-12H2,1-3H3,(H,18,21)(H2,19,20,22)/t13-/m1/s1. The highest BCUT2D eigenvalue weighted by molar-refractivity contribution is 5.86. The molecule has 134 valence electrons. The van der Waals surface area contributed by atoms with Gasteiger partial charge in [-0.3, -0.25) is 4.79 Å². The number of carbonyl (C=O) groups is 2. The molecule has 3 N–H and O–H groups in total. The van der Waals surface area contributed by atoms with Gasteiger partial charge in [-0.1, -0.05) is 6.92 Å². The van der Waals surface area contributed by atoms with Gasteiger partial charge in [0.15, 0.2) is 0 Å². The van der Waals surface area contributed by atoms with Crippen LogP contribution < -0.4 is 25.4 Å². The largest absolute Gasteiger partial charge is 0.497 e. The van der Waals surface area contributed by atoms with E-state index in [4.69, 9.17) is 9.47 Å². The monoisotopic (exact) mass is 337 g/mol. The Morgan fingerprint density at radius 3 is 2.38 bits per heavy atom. The highest BCUT2D eigenvalue weighted by Crippen LogP contribution is 2.16. The predicted octanol–water partition coefficient (Wildman–Crippen LogP) is 1.68. The zero-order valence-corrected chi connectivity index (χ0v) is 14.6. The molecule has 0 unspecified atom stereocenters. The zero-order valence-electron chi connectivity index (χ0n) is 14.6. The lowest BCUT2D eigenvalue weighted by Crippen LogP contribution is -2.48. The first-order valence-corrected chi connectivity index (χ1v) is 8.15. The van der Waals surface area contributed by atoms with Gasteiger partial charge in [-0.25, -0.2) is 4.79 Å². The number of hydrogen-bond acceptors (Lipinski definition) is 4. The molecular formula is C17H27N3O4. The Morgan fingerprint density at radius 2 is 1.75 bits per heavy atom. The smallest absolute Gasteiger partial charge is 0.315 e. The summed E-state index contributed by atoms with van der Waals surface area (Å²) in [7, 11) is 1.61. The van der Waals surface area contributed by atoms with Crippen LogP contribution >= 0.6 is 0 Å². The average molecular weight is 337 g/mol. The molecule has 0 saturated heterocycles. The Labute approximate surface area is 143 Å². The van der Waals surface area contributed by atoms with Crippen LogP contribution in [0.15, 0.2) is 24.3 Å². The number of methoxy groups -OCH3 is 1. The number of amides is 3. The van der Waals surface area contributed by atoms with Crippen LogP contribution in [-0.4, -0.2) is 44.8 Å². The first kappa shape index (κ1) is 19.6. The normalized spacial score (nSPS) is 11.3. The van der Waals surface area contributed by atoms with Crippen molar-refractivity contribution in [3.63, 3.8) is 0 Å². The molecule has 0 saturated carbocycles. The van der Waals surface area contributed by atoms with E-state index in [1.54, 1.807) is 14.0 Å². The lowest BCUT2D eigenvalue weighted by atomic mass is 10.3. The molecule has 7 nitrogen and oxygen atoms in total. The van der Waals surface area contributed by atoms with Crippen LogP contribution in [0.3, 0.4) is 0 Å². The Hall–Kier alpha value is -2.44. The summed E-state index contributed by atoms with van der Waals surface area (Å²) < 4.78 is 10.6. The minimum absolute atomic E-state index is 0.185. The van der Waals surface area contributed by atoms with Crippen LogP contribution in [0.1, 0.15) is 26.7 Å². The van der Waals surface area contributed by atoms with Crippen LogP contribution in [0.5, 0.6) is 11.5 Å². The molecule has 0 heterocycles. The van der Waals surface area contributed by atoms with Gasteiger partial charge in [0, 0.05) is 13.1 Å². The summed E-state index contributed by atoms with van der Waals surface area (Å²) in [6.07, 6.45) is 1.52. The van der Waals surface area contributed by atoms with Gasteiger partial charge in [0.25, 0.3) is 0 Å². The minimum atomic E-state index is -0.563. The second-order valence-corrected chi connectivity index (χ2v) is 5.29. The number of hydrogen-bond donors (Lipinski definition) is 3. The van der Waals surface area contributed by atoms with Crippen LogP contribution in [0.25, 0.3) is 0 Å². The highest BCUT2D eigenvalue weighted by atomic mass is 16.5. The molecule has 24 heavy (non-hydrogen) atoms. The third-order valence-electron chi connectivity index (χ3n) is 3.22. The second-order valence-electron chi connectivity index (χ2n) is 5.29. The molecule has 0 aromatic heterocycles. The fraction of sp³-hybridized carbons (Fsp3) is 0.529. The van der Waals surface area contributed by atoms with E-state index < -0.39 is 6.04 Å². The van der Waals surface area contributed by atoms with Crippen LogP contribution in [0.4, 0.5) is 4.79 Å². The maximum atomic E-state index is 11.7. The number of ether oxygens (including phenoxy) is 2. The quantitative estimate of drug-likeness (QED) is 0.567. The predicted molar refractivity (Wildman–Crippen MR) is 92.4 cm³/mol. The van der Waals surface area contributed by atoms with E-state index in [-0.39, 0.29) is 11.9 Å². The molecule has 0 bridgehead atoms. The van der Waals surface area contributed by atoms with Gasteiger partial charge < -0.3 is 25.4 Å². The molecule has 0 fully saturated rings. The number of urea groups is 1. The van der Waals surface area contributed by atoms with Crippen molar-refractivity contribution in [2.45, 2.75) is 32.7 Å². The van der Waals surface area contributed by atoms with Crippen LogP contribution in [0, 0.1) is 0 Å². The summed E-state index contributed by atoms with van der Waals surface area (Å²) in [5, 5.41) is 8.02. The van der Waals surface area contributed by atoms with Crippen molar-refractivity contribution >= 4 is 11.9 Å². The SMILES string of the molecule is CCCNC(=O)[C@@H](C)NC(=O)NCCCOc1ccc(OC)cc1. The van der Waals surface area contributed by atoms with Crippen molar-refractivity contribution in [1.29, 1.82) is 0 Å². The van der Waals surface area contributed by atoms with E-state index >= 15 is 0 Å².